The Kier molecular flexibility index (Phi) is 6.15. The maximum Gasteiger partial charge on any atom is 0.281 e. The largest absolute Gasteiger partial charge is 0.493 e. The number of ether oxygens (including phenoxy) is 1. The summed E-state index contributed by atoms with van der Waals surface area (Å²) in [6.45, 7) is 1.76. The molecule has 0 aliphatic carbocycles. The van der Waals surface area contributed by atoms with Gasteiger partial charge in [-0.3, -0.25) is 9.36 Å². The molecule has 2 aromatic rings. The van der Waals surface area contributed by atoms with E-state index in [0.717, 1.165) is 4.57 Å². The van der Waals surface area contributed by atoms with Gasteiger partial charge < -0.3 is 9.84 Å². The highest BCUT2D eigenvalue weighted by Gasteiger charge is 2.19. The SMILES string of the molecule is COCCn1c(O)c(C#N)c(C)c(N=Nc2ccc(Cl)cc2Cl)c1=O. The predicted molar refractivity (Wildman–Crippen MR) is 94.3 cm³/mol. The Bertz CT molecular complexity index is 932. The van der Waals surface area contributed by atoms with Crippen molar-refractivity contribution in [2.45, 2.75) is 13.5 Å². The van der Waals surface area contributed by atoms with Crippen molar-refractivity contribution in [3.63, 3.8) is 0 Å². The van der Waals surface area contributed by atoms with E-state index >= 15 is 0 Å². The van der Waals surface area contributed by atoms with Crippen LogP contribution in [0.3, 0.4) is 0 Å². The number of nitrogens with zero attached hydrogens (tertiary/aromatic N) is 4. The van der Waals surface area contributed by atoms with E-state index in [9.17, 15) is 15.2 Å². The molecule has 0 radical (unpaired) electrons. The fraction of sp³-hybridized carbons (Fsp3) is 0.250. The van der Waals surface area contributed by atoms with E-state index < -0.39 is 11.4 Å². The summed E-state index contributed by atoms with van der Waals surface area (Å²) in [6, 6.07) is 6.51. The van der Waals surface area contributed by atoms with Gasteiger partial charge in [0.1, 0.15) is 17.3 Å². The molecule has 0 atom stereocenters. The van der Waals surface area contributed by atoms with Gasteiger partial charge in [0.2, 0.25) is 5.88 Å². The van der Waals surface area contributed by atoms with Gasteiger partial charge in [-0.05, 0) is 25.1 Å². The number of aromatic nitrogens is 1. The monoisotopic (exact) mass is 380 g/mol. The molecule has 0 saturated heterocycles. The summed E-state index contributed by atoms with van der Waals surface area (Å²) in [5.74, 6) is -0.425. The number of rotatable bonds is 5. The van der Waals surface area contributed by atoms with Crippen LogP contribution in [0.5, 0.6) is 5.88 Å². The molecule has 0 saturated carbocycles. The standard InChI is InChI=1S/C16H14Cl2N4O3/c1-9-11(8-19)15(23)22(5-6-25-2)16(24)14(9)21-20-13-4-3-10(17)7-12(13)18/h3-4,7,23H,5-6H2,1-2H3. The number of aromatic hydroxyl groups is 1. The van der Waals surface area contributed by atoms with E-state index in [1.54, 1.807) is 12.1 Å². The Labute approximate surface area is 153 Å². The third kappa shape index (κ3) is 3.99. The molecule has 0 amide bonds. The molecule has 9 heteroatoms. The van der Waals surface area contributed by atoms with Crippen molar-refractivity contribution in [3.05, 3.63) is 49.7 Å². The normalized spacial score (nSPS) is 11.0. The third-order valence-corrected chi connectivity index (χ3v) is 3.99. The summed E-state index contributed by atoms with van der Waals surface area (Å²) in [7, 11) is 1.46. The van der Waals surface area contributed by atoms with Gasteiger partial charge in [0.25, 0.3) is 5.56 Å². The van der Waals surface area contributed by atoms with Crippen molar-refractivity contribution in [1.82, 2.24) is 4.57 Å². The molecule has 1 aromatic carbocycles. The number of methoxy groups -OCH3 is 1. The summed E-state index contributed by atoms with van der Waals surface area (Å²) < 4.78 is 5.94. The van der Waals surface area contributed by atoms with E-state index in [1.165, 1.54) is 20.1 Å². The average Bonchev–Trinajstić information content (AvgIpc) is 2.56. The molecule has 0 unspecified atom stereocenters. The van der Waals surface area contributed by atoms with Gasteiger partial charge in [0, 0.05) is 17.7 Å². The summed E-state index contributed by atoms with van der Waals surface area (Å²) in [4.78, 5) is 12.6. The second-order valence-corrected chi connectivity index (χ2v) is 5.87. The van der Waals surface area contributed by atoms with Gasteiger partial charge in [-0.15, -0.1) is 10.2 Å². The Balaban J connectivity index is 2.58. The topological polar surface area (TPSA) is 100.0 Å². The molecule has 1 N–H and O–H groups in total. The first-order valence-corrected chi connectivity index (χ1v) is 7.88. The molecule has 0 spiro atoms. The molecule has 2 rings (SSSR count). The highest BCUT2D eigenvalue weighted by molar-refractivity contribution is 6.36. The van der Waals surface area contributed by atoms with Crippen molar-refractivity contribution in [2.24, 2.45) is 10.2 Å². The zero-order valence-electron chi connectivity index (χ0n) is 13.5. The fourth-order valence-corrected chi connectivity index (χ4v) is 2.56. The smallest absolute Gasteiger partial charge is 0.281 e. The maximum absolute atomic E-state index is 12.6. The van der Waals surface area contributed by atoms with Gasteiger partial charge in [0.15, 0.2) is 5.69 Å². The van der Waals surface area contributed by atoms with Crippen LogP contribution in [0.1, 0.15) is 11.1 Å². The van der Waals surface area contributed by atoms with Crippen LogP contribution in [0.4, 0.5) is 11.4 Å². The zero-order valence-corrected chi connectivity index (χ0v) is 15.0. The Hall–Kier alpha value is -2.40. The maximum atomic E-state index is 12.6. The van der Waals surface area contributed by atoms with Crippen molar-refractivity contribution in [1.29, 1.82) is 5.26 Å². The lowest BCUT2D eigenvalue weighted by Crippen LogP contribution is -2.23. The molecule has 130 valence electrons. The van der Waals surface area contributed by atoms with Crippen LogP contribution in [-0.2, 0) is 11.3 Å². The molecular formula is C16H14Cl2N4O3. The number of hydrogen-bond donors (Lipinski definition) is 1. The highest BCUT2D eigenvalue weighted by Crippen LogP contribution is 2.31. The van der Waals surface area contributed by atoms with Crippen LogP contribution in [-0.4, -0.2) is 23.4 Å². The number of nitriles is 1. The van der Waals surface area contributed by atoms with Gasteiger partial charge >= 0.3 is 0 Å². The van der Waals surface area contributed by atoms with E-state index in [-0.39, 0.29) is 35.0 Å². The van der Waals surface area contributed by atoms with Crippen molar-refractivity contribution >= 4 is 34.6 Å². The molecule has 25 heavy (non-hydrogen) atoms. The minimum absolute atomic E-state index is 0.0492. The summed E-state index contributed by atoms with van der Waals surface area (Å²) in [6.07, 6.45) is 0. The third-order valence-electron chi connectivity index (χ3n) is 3.46. The molecule has 7 nitrogen and oxygen atoms in total. The first-order chi connectivity index (χ1) is 11.9. The Morgan fingerprint density at radius 2 is 2.08 bits per heavy atom. The molecule has 1 heterocycles. The van der Waals surface area contributed by atoms with Crippen LogP contribution < -0.4 is 5.56 Å². The summed E-state index contributed by atoms with van der Waals surface area (Å²) in [5, 5.41) is 28.0. The lowest BCUT2D eigenvalue weighted by atomic mass is 10.1. The second-order valence-electron chi connectivity index (χ2n) is 5.03. The lowest BCUT2D eigenvalue weighted by Gasteiger charge is -2.12. The van der Waals surface area contributed by atoms with Crippen molar-refractivity contribution in [3.8, 4) is 11.9 Å². The van der Waals surface area contributed by atoms with Gasteiger partial charge in [-0.1, -0.05) is 23.2 Å². The lowest BCUT2D eigenvalue weighted by molar-refractivity contribution is 0.182. The molecule has 0 fully saturated rings. The quantitative estimate of drug-likeness (QED) is 0.788. The fourth-order valence-electron chi connectivity index (χ4n) is 2.11. The minimum atomic E-state index is -0.583. The summed E-state index contributed by atoms with van der Waals surface area (Å²) in [5.41, 5.74) is -0.143. The van der Waals surface area contributed by atoms with E-state index in [1.807, 2.05) is 6.07 Å². The molecular weight excluding hydrogens is 367 g/mol. The molecule has 0 aliphatic rings. The molecule has 0 bridgehead atoms. The second kappa shape index (κ2) is 8.12. The zero-order chi connectivity index (χ0) is 18.6. The number of azo groups is 1. The summed E-state index contributed by atoms with van der Waals surface area (Å²) >= 11 is 11.9. The van der Waals surface area contributed by atoms with Crippen LogP contribution in [0.2, 0.25) is 10.0 Å². The number of halogens is 2. The average molecular weight is 381 g/mol. The first kappa shape index (κ1) is 18.9. The predicted octanol–water partition coefficient (Wildman–Crippen LogP) is 4.10. The van der Waals surface area contributed by atoms with Gasteiger partial charge in [0.05, 0.1) is 18.2 Å². The van der Waals surface area contributed by atoms with Crippen LogP contribution >= 0.6 is 23.2 Å². The van der Waals surface area contributed by atoms with Crippen molar-refractivity contribution in [2.75, 3.05) is 13.7 Å². The first-order valence-electron chi connectivity index (χ1n) is 7.12. The van der Waals surface area contributed by atoms with Gasteiger partial charge in [-0.25, -0.2) is 0 Å². The van der Waals surface area contributed by atoms with Crippen LogP contribution in [0.25, 0.3) is 0 Å². The molecule has 0 aliphatic heterocycles. The van der Waals surface area contributed by atoms with Crippen LogP contribution in [0, 0.1) is 18.3 Å². The van der Waals surface area contributed by atoms with E-state index in [4.69, 9.17) is 27.9 Å². The number of pyridine rings is 1. The Morgan fingerprint density at radius 1 is 1.36 bits per heavy atom. The Morgan fingerprint density at radius 3 is 2.68 bits per heavy atom. The highest BCUT2D eigenvalue weighted by atomic mass is 35.5. The number of hydrogen-bond acceptors (Lipinski definition) is 6. The van der Waals surface area contributed by atoms with Gasteiger partial charge in [-0.2, -0.15) is 5.26 Å². The van der Waals surface area contributed by atoms with E-state index in [2.05, 4.69) is 10.2 Å². The van der Waals surface area contributed by atoms with Crippen molar-refractivity contribution < 1.29 is 9.84 Å². The minimum Gasteiger partial charge on any atom is -0.493 e. The van der Waals surface area contributed by atoms with E-state index in [0.29, 0.717) is 10.7 Å². The molecule has 1 aromatic heterocycles. The van der Waals surface area contributed by atoms with Crippen LogP contribution in [0.15, 0.2) is 33.2 Å². The number of benzene rings is 1.